The quantitative estimate of drug-likeness (QED) is 0.898. The average molecular weight is 264 g/mol. The zero-order valence-corrected chi connectivity index (χ0v) is 13.0. The van der Waals surface area contributed by atoms with Crippen molar-refractivity contribution in [1.82, 2.24) is 20.0 Å². The van der Waals surface area contributed by atoms with Crippen LogP contribution in [0.25, 0.3) is 0 Å². The largest absolute Gasteiger partial charge is 0.311 e. The molecule has 4 nitrogen and oxygen atoms in total. The van der Waals surface area contributed by atoms with E-state index in [0.717, 1.165) is 26.1 Å². The molecule has 0 aromatic carbocycles. The number of aromatic nitrogens is 2. The van der Waals surface area contributed by atoms with E-state index in [1.165, 1.54) is 5.56 Å². The summed E-state index contributed by atoms with van der Waals surface area (Å²) >= 11 is 0. The molecule has 4 heteroatoms. The molecule has 0 amide bonds. The van der Waals surface area contributed by atoms with Crippen LogP contribution in [0, 0.1) is 5.92 Å². The van der Waals surface area contributed by atoms with Crippen molar-refractivity contribution in [2.45, 2.75) is 45.7 Å². The average Bonchev–Trinajstić information content (AvgIpc) is 2.73. The van der Waals surface area contributed by atoms with Crippen LogP contribution in [0.4, 0.5) is 0 Å². The summed E-state index contributed by atoms with van der Waals surface area (Å²) < 4.78 is 1.88. The number of nitrogens with zero attached hydrogens (tertiary/aromatic N) is 3. The normalized spacial score (nSPS) is 24.0. The zero-order chi connectivity index (χ0) is 14.0. The summed E-state index contributed by atoms with van der Waals surface area (Å²) in [7, 11) is 1.98. The van der Waals surface area contributed by atoms with Gasteiger partial charge >= 0.3 is 0 Å². The van der Waals surface area contributed by atoms with Gasteiger partial charge in [-0.15, -0.1) is 0 Å². The Balaban J connectivity index is 1.95. The van der Waals surface area contributed by atoms with Crippen molar-refractivity contribution >= 4 is 0 Å². The van der Waals surface area contributed by atoms with E-state index in [0.29, 0.717) is 12.0 Å². The molecular formula is C15H28N4. The van der Waals surface area contributed by atoms with Crippen LogP contribution in [0.15, 0.2) is 12.4 Å². The second-order valence-electron chi connectivity index (χ2n) is 6.76. The van der Waals surface area contributed by atoms with Crippen LogP contribution in [-0.2, 0) is 13.5 Å². The molecule has 0 bridgehead atoms. The van der Waals surface area contributed by atoms with Crippen molar-refractivity contribution < 1.29 is 0 Å². The van der Waals surface area contributed by atoms with Gasteiger partial charge in [0.05, 0.1) is 6.20 Å². The van der Waals surface area contributed by atoms with Crippen molar-refractivity contribution in [2.75, 3.05) is 19.6 Å². The fourth-order valence-corrected chi connectivity index (χ4v) is 2.75. The van der Waals surface area contributed by atoms with Gasteiger partial charge in [-0.05, 0) is 31.7 Å². The highest BCUT2D eigenvalue weighted by Crippen LogP contribution is 2.21. The first-order chi connectivity index (χ1) is 8.88. The van der Waals surface area contributed by atoms with Crippen LogP contribution >= 0.6 is 0 Å². The van der Waals surface area contributed by atoms with Crippen LogP contribution in [-0.4, -0.2) is 45.9 Å². The Morgan fingerprint density at radius 3 is 2.79 bits per heavy atom. The van der Waals surface area contributed by atoms with Gasteiger partial charge in [-0.25, -0.2) is 0 Å². The molecule has 1 saturated heterocycles. The van der Waals surface area contributed by atoms with Gasteiger partial charge in [-0.3, -0.25) is 9.58 Å². The molecule has 2 heterocycles. The number of aryl methyl sites for hydroxylation is 1. The number of piperazine rings is 1. The molecule has 1 aromatic rings. The SMILES string of the molecule is CC(C)C1CN(CCc2cnn(C)c2)C(C)(C)CN1. The molecule has 0 spiro atoms. The van der Waals surface area contributed by atoms with Gasteiger partial charge in [-0.2, -0.15) is 5.10 Å². The molecule has 108 valence electrons. The lowest BCUT2D eigenvalue weighted by atomic mass is 9.92. The van der Waals surface area contributed by atoms with E-state index in [4.69, 9.17) is 0 Å². The summed E-state index contributed by atoms with van der Waals surface area (Å²) in [6.45, 7) is 12.6. The first-order valence-electron chi connectivity index (χ1n) is 7.34. The Bertz CT molecular complexity index is 408. The standard InChI is InChI=1S/C15H28N4/c1-12(2)14-10-19(15(3,4)11-16-14)7-6-13-8-17-18(5)9-13/h8-9,12,14,16H,6-7,10-11H2,1-5H3. The van der Waals surface area contributed by atoms with Gasteiger partial charge in [0.1, 0.15) is 0 Å². The maximum atomic E-state index is 4.25. The number of hydrogen-bond donors (Lipinski definition) is 1. The third kappa shape index (κ3) is 3.57. The third-order valence-electron chi connectivity index (χ3n) is 4.30. The zero-order valence-electron chi connectivity index (χ0n) is 13.0. The fraction of sp³-hybridized carbons (Fsp3) is 0.800. The molecule has 0 radical (unpaired) electrons. The van der Waals surface area contributed by atoms with Gasteiger partial charge in [0.15, 0.2) is 0 Å². The van der Waals surface area contributed by atoms with Crippen LogP contribution in [0.5, 0.6) is 0 Å². The molecule has 1 unspecified atom stereocenters. The molecule has 1 aliphatic heterocycles. The van der Waals surface area contributed by atoms with E-state index < -0.39 is 0 Å². The van der Waals surface area contributed by atoms with Crippen molar-refractivity contribution in [1.29, 1.82) is 0 Å². The van der Waals surface area contributed by atoms with Crippen molar-refractivity contribution in [2.24, 2.45) is 13.0 Å². The van der Waals surface area contributed by atoms with E-state index in [2.05, 4.69) is 49.2 Å². The summed E-state index contributed by atoms with van der Waals surface area (Å²) in [5, 5.41) is 7.93. The van der Waals surface area contributed by atoms with Gasteiger partial charge in [0.25, 0.3) is 0 Å². The molecule has 2 rings (SSSR count). The van der Waals surface area contributed by atoms with Gasteiger partial charge in [0.2, 0.25) is 0 Å². The predicted octanol–water partition coefficient (Wildman–Crippen LogP) is 1.67. The summed E-state index contributed by atoms with van der Waals surface area (Å²) in [6.07, 6.45) is 5.19. The van der Waals surface area contributed by atoms with Crippen LogP contribution in [0.3, 0.4) is 0 Å². The molecule has 1 aliphatic rings. The number of hydrogen-bond acceptors (Lipinski definition) is 3. The van der Waals surface area contributed by atoms with Crippen LogP contribution < -0.4 is 5.32 Å². The number of nitrogens with one attached hydrogen (secondary N) is 1. The molecule has 0 aliphatic carbocycles. The smallest absolute Gasteiger partial charge is 0.0522 e. The molecule has 1 N–H and O–H groups in total. The Morgan fingerprint density at radius 1 is 1.47 bits per heavy atom. The fourth-order valence-electron chi connectivity index (χ4n) is 2.75. The summed E-state index contributed by atoms with van der Waals surface area (Å²) in [5.74, 6) is 0.692. The Morgan fingerprint density at radius 2 is 2.21 bits per heavy atom. The van der Waals surface area contributed by atoms with Gasteiger partial charge in [-0.1, -0.05) is 13.8 Å². The second kappa shape index (κ2) is 5.63. The first kappa shape index (κ1) is 14.5. The summed E-state index contributed by atoms with van der Waals surface area (Å²) in [5.41, 5.74) is 1.58. The van der Waals surface area contributed by atoms with E-state index >= 15 is 0 Å². The molecule has 1 fully saturated rings. The minimum atomic E-state index is 0.244. The van der Waals surface area contributed by atoms with Gasteiger partial charge in [0, 0.05) is 44.5 Å². The third-order valence-corrected chi connectivity index (χ3v) is 4.30. The highest BCUT2D eigenvalue weighted by Gasteiger charge is 2.34. The van der Waals surface area contributed by atoms with Crippen molar-refractivity contribution in [3.05, 3.63) is 18.0 Å². The Kier molecular flexibility index (Phi) is 4.31. The van der Waals surface area contributed by atoms with Crippen LogP contribution in [0.1, 0.15) is 33.3 Å². The molecule has 0 saturated carbocycles. The van der Waals surface area contributed by atoms with Gasteiger partial charge < -0.3 is 5.32 Å². The van der Waals surface area contributed by atoms with Crippen molar-refractivity contribution in [3.63, 3.8) is 0 Å². The Labute approximate surface area is 117 Å². The minimum Gasteiger partial charge on any atom is -0.311 e. The summed E-state index contributed by atoms with van der Waals surface area (Å²) in [4.78, 5) is 2.63. The minimum absolute atomic E-state index is 0.244. The van der Waals surface area contributed by atoms with Crippen LogP contribution in [0.2, 0.25) is 0 Å². The molecular weight excluding hydrogens is 236 g/mol. The maximum absolute atomic E-state index is 4.25. The molecule has 1 atom stereocenters. The lowest BCUT2D eigenvalue weighted by Crippen LogP contribution is -2.63. The number of rotatable bonds is 4. The van der Waals surface area contributed by atoms with E-state index in [1.807, 2.05) is 17.9 Å². The lowest BCUT2D eigenvalue weighted by Gasteiger charge is -2.47. The van der Waals surface area contributed by atoms with E-state index in [9.17, 15) is 0 Å². The van der Waals surface area contributed by atoms with E-state index in [1.54, 1.807) is 0 Å². The van der Waals surface area contributed by atoms with E-state index in [-0.39, 0.29) is 5.54 Å². The Hall–Kier alpha value is -0.870. The summed E-state index contributed by atoms with van der Waals surface area (Å²) in [6, 6.07) is 0.613. The predicted molar refractivity (Wildman–Crippen MR) is 79.2 cm³/mol. The topological polar surface area (TPSA) is 33.1 Å². The molecule has 19 heavy (non-hydrogen) atoms. The maximum Gasteiger partial charge on any atom is 0.0522 e. The molecule has 1 aromatic heterocycles. The highest BCUT2D eigenvalue weighted by molar-refractivity contribution is 5.05. The van der Waals surface area contributed by atoms with Crippen molar-refractivity contribution in [3.8, 4) is 0 Å². The highest BCUT2D eigenvalue weighted by atomic mass is 15.3. The first-order valence-corrected chi connectivity index (χ1v) is 7.34. The second-order valence-corrected chi connectivity index (χ2v) is 6.76. The monoisotopic (exact) mass is 264 g/mol. The lowest BCUT2D eigenvalue weighted by molar-refractivity contribution is 0.0558.